The molecule has 1 aliphatic heterocycles. The quantitative estimate of drug-likeness (QED) is 0.530. The molecule has 0 aromatic heterocycles. The summed E-state index contributed by atoms with van der Waals surface area (Å²) in [6, 6.07) is 1.44. The number of nitrogens with one attached hydrogen (secondary N) is 1. The number of imide groups is 1. The minimum absolute atomic E-state index is 0.154. The Labute approximate surface area is 94.4 Å². The van der Waals surface area contributed by atoms with Crippen LogP contribution in [0, 0.1) is 17.2 Å². The first-order valence-corrected chi connectivity index (χ1v) is 5.63. The molecule has 1 aliphatic carbocycles. The van der Waals surface area contributed by atoms with Crippen LogP contribution in [-0.4, -0.2) is 28.9 Å². The molecule has 1 N–H and O–H groups in total. The van der Waals surface area contributed by atoms with E-state index in [9.17, 15) is 9.59 Å². The smallest absolute Gasteiger partial charge is 0.323 e. The van der Waals surface area contributed by atoms with Crippen LogP contribution in [0.2, 0.25) is 0 Å². The van der Waals surface area contributed by atoms with Crippen molar-refractivity contribution in [2.45, 2.75) is 38.1 Å². The van der Waals surface area contributed by atoms with E-state index in [0.717, 1.165) is 24.2 Å². The molecule has 2 fully saturated rings. The number of nitriles is 1. The summed E-state index contributed by atoms with van der Waals surface area (Å²) < 4.78 is 0. The van der Waals surface area contributed by atoms with Gasteiger partial charge in [-0.05, 0) is 18.8 Å². The first-order valence-electron chi connectivity index (χ1n) is 5.63. The van der Waals surface area contributed by atoms with Gasteiger partial charge < -0.3 is 5.32 Å². The van der Waals surface area contributed by atoms with Gasteiger partial charge >= 0.3 is 6.03 Å². The van der Waals surface area contributed by atoms with Gasteiger partial charge in [0.2, 0.25) is 0 Å². The zero-order valence-electron chi connectivity index (χ0n) is 9.32. The lowest BCUT2D eigenvalue weighted by molar-refractivity contribution is -0.133. The van der Waals surface area contributed by atoms with Crippen LogP contribution < -0.4 is 5.32 Å². The summed E-state index contributed by atoms with van der Waals surface area (Å²) in [6.07, 6.45) is 3.70. The van der Waals surface area contributed by atoms with Crippen LogP contribution in [0.3, 0.4) is 0 Å². The van der Waals surface area contributed by atoms with Crippen molar-refractivity contribution in [2.75, 3.05) is 6.54 Å². The van der Waals surface area contributed by atoms with Crippen LogP contribution in [0.15, 0.2) is 0 Å². The molecule has 16 heavy (non-hydrogen) atoms. The lowest BCUT2D eigenvalue weighted by Crippen LogP contribution is -2.53. The van der Waals surface area contributed by atoms with Crippen LogP contribution in [0.5, 0.6) is 0 Å². The summed E-state index contributed by atoms with van der Waals surface area (Å²) in [5, 5.41) is 11.4. The van der Waals surface area contributed by atoms with Crippen molar-refractivity contribution in [1.82, 2.24) is 10.2 Å². The van der Waals surface area contributed by atoms with Crippen molar-refractivity contribution in [3.63, 3.8) is 0 Å². The Morgan fingerprint density at radius 1 is 1.56 bits per heavy atom. The second-order valence-corrected chi connectivity index (χ2v) is 4.60. The van der Waals surface area contributed by atoms with Gasteiger partial charge in [-0.2, -0.15) is 5.26 Å². The van der Waals surface area contributed by atoms with Gasteiger partial charge in [-0.25, -0.2) is 9.69 Å². The predicted octanol–water partition coefficient (Wildman–Crippen LogP) is 1.01. The molecule has 1 heterocycles. The van der Waals surface area contributed by atoms with Crippen LogP contribution in [-0.2, 0) is 4.79 Å². The minimum atomic E-state index is -0.730. The fourth-order valence-electron chi connectivity index (χ4n) is 2.71. The third-order valence-corrected chi connectivity index (χ3v) is 3.73. The lowest BCUT2D eigenvalue weighted by Gasteiger charge is -2.36. The summed E-state index contributed by atoms with van der Waals surface area (Å²) in [7, 11) is 0. The summed E-state index contributed by atoms with van der Waals surface area (Å²) in [5.41, 5.74) is -0.730. The molecule has 0 aromatic rings. The van der Waals surface area contributed by atoms with E-state index in [1.807, 2.05) is 13.0 Å². The van der Waals surface area contributed by atoms with E-state index in [0.29, 0.717) is 6.42 Å². The molecule has 1 saturated heterocycles. The summed E-state index contributed by atoms with van der Waals surface area (Å²) in [4.78, 5) is 24.9. The Morgan fingerprint density at radius 3 is 2.94 bits per heavy atom. The number of rotatable bonds is 1. The minimum Gasteiger partial charge on any atom is -0.323 e. The van der Waals surface area contributed by atoms with Gasteiger partial charge in [-0.15, -0.1) is 0 Å². The molecule has 1 saturated carbocycles. The van der Waals surface area contributed by atoms with E-state index < -0.39 is 11.6 Å². The number of hydrogen-bond donors (Lipinski definition) is 1. The topological polar surface area (TPSA) is 73.2 Å². The second kappa shape index (κ2) is 3.78. The Bertz CT molecular complexity index is 374. The molecular formula is C11H15N3O2. The third-order valence-electron chi connectivity index (χ3n) is 3.73. The van der Waals surface area contributed by atoms with E-state index in [-0.39, 0.29) is 18.4 Å². The monoisotopic (exact) mass is 221 g/mol. The average Bonchev–Trinajstić information content (AvgIpc) is 2.49. The highest BCUT2D eigenvalue weighted by Crippen LogP contribution is 2.37. The molecular weight excluding hydrogens is 206 g/mol. The maximum atomic E-state index is 12.2. The normalized spacial score (nSPS) is 34.0. The number of nitrogens with zero attached hydrogens (tertiary/aromatic N) is 2. The largest absolute Gasteiger partial charge is 0.325 e. The number of carbonyl (C=O) groups is 2. The highest BCUT2D eigenvalue weighted by atomic mass is 16.2. The Kier molecular flexibility index (Phi) is 2.58. The molecule has 3 amide bonds. The molecule has 2 unspecified atom stereocenters. The first kappa shape index (κ1) is 10.9. The standard InChI is InChI=1S/C11H15N3O2/c1-8-4-2-3-5-11(8)9(15)14(7-6-12)10(16)13-11/h8H,2-5,7H2,1H3,(H,13,16). The van der Waals surface area contributed by atoms with Crippen LogP contribution >= 0.6 is 0 Å². The van der Waals surface area contributed by atoms with Crippen LogP contribution in [0.25, 0.3) is 0 Å². The molecule has 1 spiro atoms. The van der Waals surface area contributed by atoms with E-state index in [4.69, 9.17) is 5.26 Å². The number of hydrogen-bond acceptors (Lipinski definition) is 3. The van der Waals surface area contributed by atoms with E-state index in [1.165, 1.54) is 0 Å². The summed E-state index contributed by atoms with van der Waals surface area (Å²) in [5.74, 6) is -0.0624. The lowest BCUT2D eigenvalue weighted by atomic mass is 9.73. The van der Waals surface area contributed by atoms with Crippen molar-refractivity contribution >= 4 is 11.9 Å². The van der Waals surface area contributed by atoms with E-state index in [2.05, 4.69) is 5.32 Å². The first-order chi connectivity index (χ1) is 7.62. The Hall–Kier alpha value is -1.57. The number of urea groups is 1. The molecule has 0 aromatic carbocycles. The highest BCUT2D eigenvalue weighted by molar-refractivity contribution is 6.07. The Morgan fingerprint density at radius 2 is 2.31 bits per heavy atom. The molecule has 2 aliphatic rings. The SMILES string of the molecule is CC1CCCCC12NC(=O)N(CC#N)C2=O. The maximum Gasteiger partial charge on any atom is 0.325 e. The predicted molar refractivity (Wildman–Crippen MR) is 56.2 cm³/mol. The molecule has 0 bridgehead atoms. The Balaban J connectivity index is 2.27. The molecule has 5 nitrogen and oxygen atoms in total. The maximum absolute atomic E-state index is 12.2. The highest BCUT2D eigenvalue weighted by Gasteiger charge is 2.54. The molecule has 5 heteroatoms. The molecule has 2 rings (SSSR count). The molecule has 86 valence electrons. The van der Waals surface area contributed by atoms with E-state index >= 15 is 0 Å². The average molecular weight is 221 g/mol. The molecule has 2 atom stereocenters. The van der Waals surface area contributed by atoms with Crippen LogP contribution in [0.4, 0.5) is 4.79 Å². The van der Waals surface area contributed by atoms with Gasteiger partial charge in [0.15, 0.2) is 0 Å². The van der Waals surface area contributed by atoms with Gasteiger partial charge in [0, 0.05) is 0 Å². The number of amides is 3. The van der Waals surface area contributed by atoms with Crippen molar-refractivity contribution in [1.29, 1.82) is 5.26 Å². The van der Waals surface area contributed by atoms with Crippen LogP contribution in [0.1, 0.15) is 32.6 Å². The fourth-order valence-corrected chi connectivity index (χ4v) is 2.71. The zero-order valence-corrected chi connectivity index (χ0v) is 9.32. The van der Waals surface area contributed by atoms with Gasteiger partial charge in [-0.1, -0.05) is 19.8 Å². The van der Waals surface area contributed by atoms with Gasteiger partial charge in [0.1, 0.15) is 12.1 Å². The van der Waals surface area contributed by atoms with Crippen molar-refractivity contribution < 1.29 is 9.59 Å². The van der Waals surface area contributed by atoms with Crippen molar-refractivity contribution in [2.24, 2.45) is 5.92 Å². The fraction of sp³-hybridized carbons (Fsp3) is 0.727. The third kappa shape index (κ3) is 1.37. The van der Waals surface area contributed by atoms with Gasteiger partial charge in [0.05, 0.1) is 6.07 Å². The summed E-state index contributed by atoms with van der Waals surface area (Å²) in [6.45, 7) is 1.84. The number of carbonyl (C=O) groups excluding carboxylic acids is 2. The van der Waals surface area contributed by atoms with Gasteiger partial charge in [-0.3, -0.25) is 4.79 Å². The van der Waals surface area contributed by atoms with Gasteiger partial charge in [0.25, 0.3) is 5.91 Å². The van der Waals surface area contributed by atoms with Crippen molar-refractivity contribution in [3.05, 3.63) is 0 Å². The second-order valence-electron chi connectivity index (χ2n) is 4.60. The van der Waals surface area contributed by atoms with Crippen molar-refractivity contribution in [3.8, 4) is 6.07 Å². The summed E-state index contributed by atoms with van der Waals surface area (Å²) >= 11 is 0. The molecule has 0 radical (unpaired) electrons. The zero-order chi connectivity index (χ0) is 11.8. The van der Waals surface area contributed by atoms with E-state index in [1.54, 1.807) is 0 Å².